The summed E-state index contributed by atoms with van der Waals surface area (Å²) in [5, 5.41) is 0. The van der Waals surface area contributed by atoms with Crippen LogP contribution < -0.4 is 24.8 Å². The van der Waals surface area contributed by atoms with Gasteiger partial charge in [0.2, 0.25) is 0 Å². The molecule has 0 aromatic heterocycles. The average molecular weight is 240 g/mol. The Morgan fingerprint density at radius 1 is 1.33 bits per heavy atom. The van der Waals surface area contributed by atoms with Gasteiger partial charge >= 0.3 is 21.7 Å². The van der Waals surface area contributed by atoms with Crippen LogP contribution in [0.1, 0.15) is 27.2 Å². The molecule has 1 radical (unpaired) electrons. The molecular formula is C9H13Cl2Ti. The third kappa shape index (κ3) is 5.43. The fourth-order valence-electron chi connectivity index (χ4n) is 0.992. The largest absolute Gasteiger partial charge is 3.00 e. The molecule has 0 aromatic carbocycles. The van der Waals surface area contributed by atoms with Crippen LogP contribution in [0.15, 0.2) is 17.2 Å². The second-order valence-corrected chi connectivity index (χ2v) is 2.92. The van der Waals surface area contributed by atoms with E-state index >= 15 is 0 Å². The smallest absolute Gasteiger partial charge is 1.00 e. The maximum atomic E-state index is 3.33. The van der Waals surface area contributed by atoms with Crippen LogP contribution in [0.5, 0.6) is 0 Å². The average Bonchev–Trinajstić information content (AvgIpc) is 2.14. The Bertz CT molecular complexity index is 171. The fourth-order valence-corrected chi connectivity index (χ4v) is 0.992. The summed E-state index contributed by atoms with van der Waals surface area (Å²) in [6.07, 6.45) is 6.71. The van der Waals surface area contributed by atoms with Gasteiger partial charge in [-0.05, 0) is 0 Å². The van der Waals surface area contributed by atoms with E-state index < -0.39 is 0 Å². The Hall–Kier alpha value is 0.774. The molecule has 1 rings (SSSR count). The summed E-state index contributed by atoms with van der Waals surface area (Å²) in [5.74, 6) is 0.655. The van der Waals surface area contributed by atoms with E-state index in [1.165, 1.54) is 11.1 Å². The summed E-state index contributed by atoms with van der Waals surface area (Å²) in [7, 11) is 0. The zero-order valence-electron chi connectivity index (χ0n) is 7.62. The molecule has 0 aromatic rings. The second kappa shape index (κ2) is 8.38. The van der Waals surface area contributed by atoms with Crippen LogP contribution >= 0.6 is 0 Å². The quantitative estimate of drug-likeness (QED) is 0.333. The van der Waals surface area contributed by atoms with Crippen molar-refractivity contribution >= 4 is 0 Å². The van der Waals surface area contributed by atoms with Crippen LogP contribution in [-0.2, 0) is 21.7 Å². The number of hydrogen-bond donors (Lipinski definition) is 0. The molecule has 0 aliphatic heterocycles. The van der Waals surface area contributed by atoms with Gasteiger partial charge in [0.05, 0.1) is 0 Å². The first-order chi connectivity index (χ1) is 4.20. The first-order valence-electron chi connectivity index (χ1n) is 3.49. The van der Waals surface area contributed by atoms with Crippen LogP contribution in [0.25, 0.3) is 0 Å². The molecule has 0 nitrogen and oxygen atoms in total. The number of hydrogen-bond acceptors (Lipinski definition) is 0. The SMILES string of the molecule is CC1=[C-]C(C(C)C)=CC1.[Cl-].[Cl-].[Ti+3]. The Labute approximate surface area is 103 Å². The van der Waals surface area contributed by atoms with E-state index in [0.717, 1.165) is 6.42 Å². The predicted molar refractivity (Wildman–Crippen MR) is 40.0 cm³/mol. The van der Waals surface area contributed by atoms with Crippen molar-refractivity contribution in [1.29, 1.82) is 0 Å². The van der Waals surface area contributed by atoms with Gasteiger partial charge in [-0.15, -0.1) is 0 Å². The zero-order valence-corrected chi connectivity index (χ0v) is 10.7. The van der Waals surface area contributed by atoms with Gasteiger partial charge in [-0.25, -0.2) is 17.7 Å². The van der Waals surface area contributed by atoms with E-state index in [-0.39, 0.29) is 46.5 Å². The van der Waals surface area contributed by atoms with E-state index in [1.807, 2.05) is 0 Å². The third-order valence-corrected chi connectivity index (χ3v) is 1.61. The van der Waals surface area contributed by atoms with Gasteiger partial charge in [-0.3, -0.25) is 0 Å². The summed E-state index contributed by atoms with van der Waals surface area (Å²) in [6.45, 7) is 6.54. The number of allylic oxidation sites excluding steroid dienone is 4. The molecule has 1 aliphatic carbocycles. The zero-order chi connectivity index (χ0) is 6.85. The van der Waals surface area contributed by atoms with Crippen LogP contribution in [0, 0.1) is 12.0 Å². The van der Waals surface area contributed by atoms with E-state index in [0.29, 0.717) is 5.92 Å². The monoisotopic (exact) mass is 239 g/mol. The molecule has 1 aliphatic rings. The molecule has 0 fully saturated rings. The Kier molecular flexibility index (Phi) is 12.9. The first-order valence-corrected chi connectivity index (χ1v) is 3.49. The third-order valence-electron chi connectivity index (χ3n) is 1.61. The molecule has 0 N–H and O–H groups in total. The maximum absolute atomic E-state index is 3.33. The second-order valence-electron chi connectivity index (χ2n) is 2.92. The van der Waals surface area contributed by atoms with Crippen LogP contribution in [0.2, 0.25) is 0 Å². The molecule has 0 saturated carbocycles. The summed E-state index contributed by atoms with van der Waals surface area (Å²) in [5.41, 5.74) is 2.76. The van der Waals surface area contributed by atoms with Gasteiger partial charge in [-0.1, -0.05) is 33.1 Å². The van der Waals surface area contributed by atoms with Gasteiger partial charge in [0.1, 0.15) is 0 Å². The molecule has 12 heavy (non-hydrogen) atoms. The van der Waals surface area contributed by atoms with Crippen molar-refractivity contribution in [3.8, 4) is 0 Å². The van der Waals surface area contributed by atoms with Gasteiger partial charge in [0, 0.05) is 0 Å². The normalized spacial score (nSPS) is 13.7. The minimum atomic E-state index is 0. The molecule has 0 heterocycles. The van der Waals surface area contributed by atoms with Gasteiger partial charge < -0.3 is 24.8 Å². The van der Waals surface area contributed by atoms with Crippen LogP contribution in [0.4, 0.5) is 0 Å². The predicted octanol–water partition coefficient (Wildman–Crippen LogP) is -3.27. The van der Waals surface area contributed by atoms with Crippen molar-refractivity contribution in [1.82, 2.24) is 0 Å². The summed E-state index contributed by atoms with van der Waals surface area (Å²) in [6, 6.07) is 0. The summed E-state index contributed by atoms with van der Waals surface area (Å²) in [4.78, 5) is 0. The number of rotatable bonds is 1. The van der Waals surface area contributed by atoms with E-state index in [2.05, 4.69) is 32.9 Å². The topological polar surface area (TPSA) is 0 Å². The minimum Gasteiger partial charge on any atom is -1.00 e. The molecule has 0 amide bonds. The summed E-state index contributed by atoms with van der Waals surface area (Å²) < 4.78 is 0. The van der Waals surface area contributed by atoms with E-state index in [4.69, 9.17) is 0 Å². The van der Waals surface area contributed by atoms with Crippen molar-refractivity contribution < 1.29 is 46.5 Å². The molecular weight excluding hydrogens is 227 g/mol. The van der Waals surface area contributed by atoms with E-state index in [1.54, 1.807) is 0 Å². The molecule has 0 saturated heterocycles. The van der Waals surface area contributed by atoms with Gasteiger partial charge in [-0.2, -0.15) is 5.57 Å². The van der Waals surface area contributed by atoms with Crippen molar-refractivity contribution in [2.45, 2.75) is 27.2 Å². The van der Waals surface area contributed by atoms with Gasteiger partial charge in [0.25, 0.3) is 0 Å². The summed E-state index contributed by atoms with van der Waals surface area (Å²) >= 11 is 0. The molecule has 3 heteroatoms. The van der Waals surface area contributed by atoms with Crippen molar-refractivity contribution in [2.75, 3.05) is 0 Å². The van der Waals surface area contributed by atoms with Crippen molar-refractivity contribution in [3.63, 3.8) is 0 Å². The van der Waals surface area contributed by atoms with E-state index in [9.17, 15) is 0 Å². The standard InChI is InChI=1S/C9H13.2ClH.Ti/c1-7(2)9-5-4-8(3)6-9;;;/h5,7H,4H2,1-3H3;2*1H;/q-1;;;+3/p-2. The van der Waals surface area contributed by atoms with Crippen molar-refractivity contribution in [2.24, 2.45) is 5.92 Å². The maximum Gasteiger partial charge on any atom is 3.00 e. The van der Waals surface area contributed by atoms with Crippen molar-refractivity contribution in [3.05, 3.63) is 23.3 Å². The molecule has 0 atom stereocenters. The Balaban J connectivity index is -0.000000270. The van der Waals surface area contributed by atoms with Crippen LogP contribution in [0.3, 0.4) is 0 Å². The fraction of sp³-hybridized carbons (Fsp3) is 0.556. The Morgan fingerprint density at radius 2 is 1.83 bits per heavy atom. The first kappa shape index (κ1) is 18.5. The van der Waals surface area contributed by atoms with Crippen LogP contribution in [-0.4, -0.2) is 0 Å². The molecule has 0 bridgehead atoms. The molecule has 0 spiro atoms. The minimum absolute atomic E-state index is 0. The molecule has 67 valence electrons. The van der Waals surface area contributed by atoms with Gasteiger partial charge in [0.15, 0.2) is 0 Å². The molecule has 0 unspecified atom stereocenters. The Morgan fingerprint density at radius 3 is 2.00 bits per heavy atom. The number of halogens is 2.